The van der Waals surface area contributed by atoms with Crippen LogP contribution in [0.2, 0.25) is 0 Å². The van der Waals surface area contributed by atoms with E-state index >= 15 is 0 Å². The van der Waals surface area contributed by atoms with Crippen LogP contribution in [0.15, 0.2) is 42.5 Å². The molecule has 0 saturated carbocycles. The molecule has 1 aliphatic rings. The average molecular weight is 264 g/mol. The molecule has 4 nitrogen and oxygen atoms in total. The van der Waals surface area contributed by atoms with E-state index in [1.165, 1.54) is 0 Å². The maximum atomic E-state index is 11.7. The van der Waals surface area contributed by atoms with Gasteiger partial charge in [-0.05, 0) is 34.4 Å². The lowest BCUT2D eigenvalue weighted by Crippen LogP contribution is -2.10. The molecule has 0 saturated heterocycles. The number of esters is 1. The summed E-state index contributed by atoms with van der Waals surface area (Å²) in [6.07, 6.45) is 0. The first-order valence-corrected chi connectivity index (χ1v) is 6.10. The fourth-order valence-electron chi connectivity index (χ4n) is 2.60. The molecule has 0 amide bonds. The molecule has 96 valence electrons. The van der Waals surface area contributed by atoms with Crippen molar-refractivity contribution >= 4 is 33.3 Å². The molecule has 0 unspecified atom stereocenters. The molecule has 4 heteroatoms. The topological polar surface area (TPSA) is 63.6 Å². The third-order valence-electron chi connectivity index (χ3n) is 3.56. The lowest BCUT2D eigenvalue weighted by Gasteiger charge is -2.07. The summed E-state index contributed by atoms with van der Waals surface area (Å²) in [5.74, 6) is -1.82. The highest BCUT2D eigenvalue weighted by Gasteiger charge is 2.35. The van der Waals surface area contributed by atoms with E-state index in [0.717, 1.165) is 16.2 Å². The maximum absolute atomic E-state index is 11.7. The van der Waals surface area contributed by atoms with E-state index in [1.54, 1.807) is 12.1 Å². The number of carbonyl (C=O) groups is 2. The van der Waals surface area contributed by atoms with Crippen LogP contribution in [0.4, 0.5) is 0 Å². The monoisotopic (exact) mass is 264 g/mol. The molecule has 0 bridgehead atoms. The quantitative estimate of drug-likeness (QED) is 0.293. The molecule has 0 atom stereocenters. The Balaban J connectivity index is 2.16. The summed E-state index contributed by atoms with van der Waals surface area (Å²) in [4.78, 5) is 23.0. The van der Waals surface area contributed by atoms with Gasteiger partial charge in [-0.1, -0.05) is 24.3 Å². The van der Waals surface area contributed by atoms with Crippen LogP contribution in [0, 0.1) is 0 Å². The van der Waals surface area contributed by atoms with Gasteiger partial charge in [-0.15, -0.1) is 0 Å². The minimum absolute atomic E-state index is 0.0437. The van der Waals surface area contributed by atoms with Crippen LogP contribution >= 0.6 is 0 Å². The zero-order chi connectivity index (χ0) is 13.9. The molecule has 1 aliphatic heterocycles. The number of ketones is 1. The third-order valence-corrected chi connectivity index (χ3v) is 3.56. The molecule has 20 heavy (non-hydrogen) atoms. The first-order chi connectivity index (χ1) is 9.65. The van der Waals surface area contributed by atoms with Crippen molar-refractivity contribution in [1.29, 1.82) is 0 Å². The van der Waals surface area contributed by atoms with Gasteiger partial charge in [0.1, 0.15) is 17.1 Å². The highest BCUT2D eigenvalue weighted by molar-refractivity contribution is 6.45. The van der Waals surface area contributed by atoms with Crippen molar-refractivity contribution in [2.24, 2.45) is 0 Å². The van der Waals surface area contributed by atoms with Gasteiger partial charge in [0.15, 0.2) is 0 Å². The van der Waals surface area contributed by atoms with Crippen LogP contribution in [0.1, 0.15) is 10.4 Å². The van der Waals surface area contributed by atoms with Crippen LogP contribution in [0.5, 0.6) is 11.5 Å². The standard InChI is InChI=1S/C16H8O4/c17-14-11-6-9-4-2-1-3-8(9)5-10(11)7-12-13(14)15(18)16(19)20-12/h1-7,17H. The molecular formula is C16H8O4. The molecule has 0 fully saturated rings. The number of phenolic OH excluding ortho intramolecular Hbond substituents is 1. The summed E-state index contributed by atoms with van der Waals surface area (Å²) >= 11 is 0. The Bertz CT molecular complexity index is 925. The predicted molar refractivity (Wildman–Crippen MR) is 73.1 cm³/mol. The molecule has 0 spiro atoms. The smallest absolute Gasteiger partial charge is 0.385 e. The van der Waals surface area contributed by atoms with E-state index in [9.17, 15) is 14.7 Å². The van der Waals surface area contributed by atoms with Crippen molar-refractivity contribution in [1.82, 2.24) is 0 Å². The van der Waals surface area contributed by atoms with E-state index in [0.29, 0.717) is 5.39 Å². The maximum Gasteiger partial charge on any atom is 0.385 e. The SMILES string of the molecule is O=C1Oc2cc3cc4ccccc4cc3c(O)c2C1=O. The van der Waals surface area contributed by atoms with Crippen LogP contribution in [0.25, 0.3) is 21.5 Å². The number of Topliss-reactive ketones (excluding diaryl/α,β-unsaturated/α-hetero) is 1. The second kappa shape index (κ2) is 3.57. The van der Waals surface area contributed by atoms with Gasteiger partial charge < -0.3 is 9.84 Å². The van der Waals surface area contributed by atoms with Gasteiger partial charge in [-0.2, -0.15) is 0 Å². The average Bonchev–Trinajstić information content (AvgIpc) is 2.73. The number of hydrogen-bond acceptors (Lipinski definition) is 4. The second-order valence-corrected chi connectivity index (χ2v) is 4.74. The number of hydrogen-bond donors (Lipinski definition) is 1. The van der Waals surface area contributed by atoms with E-state index in [2.05, 4.69) is 0 Å². The normalized spacial score (nSPS) is 13.8. The second-order valence-electron chi connectivity index (χ2n) is 4.74. The van der Waals surface area contributed by atoms with Gasteiger partial charge in [0.05, 0.1) is 0 Å². The van der Waals surface area contributed by atoms with E-state index in [-0.39, 0.29) is 17.1 Å². The Hall–Kier alpha value is -2.88. The van der Waals surface area contributed by atoms with Gasteiger partial charge >= 0.3 is 5.97 Å². The summed E-state index contributed by atoms with van der Waals surface area (Å²) in [5, 5.41) is 13.5. The summed E-state index contributed by atoms with van der Waals surface area (Å²) in [5.41, 5.74) is -0.0437. The van der Waals surface area contributed by atoms with Crippen LogP contribution < -0.4 is 4.74 Å². The van der Waals surface area contributed by atoms with Gasteiger partial charge in [0.2, 0.25) is 0 Å². The Kier molecular flexibility index (Phi) is 1.96. The number of aromatic hydroxyl groups is 1. The van der Waals surface area contributed by atoms with Crippen LogP contribution in [-0.4, -0.2) is 16.9 Å². The Morgan fingerprint density at radius 3 is 2.35 bits per heavy atom. The van der Waals surface area contributed by atoms with E-state index in [1.807, 2.05) is 30.3 Å². The molecule has 1 N–H and O–H groups in total. The van der Waals surface area contributed by atoms with Crippen molar-refractivity contribution in [3.05, 3.63) is 48.0 Å². The number of carbonyl (C=O) groups excluding carboxylic acids is 2. The molecular weight excluding hydrogens is 256 g/mol. The summed E-state index contributed by atoms with van der Waals surface area (Å²) in [7, 11) is 0. The minimum atomic E-state index is -0.949. The van der Waals surface area contributed by atoms with Crippen molar-refractivity contribution < 1.29 is 19.4 Å². The van der Waals surface area contributed by atoms with E-state index in [4.69, 9.17) is 4.74 Å². The van der Waals surface area contributed by atoms with Crippen LogP contribution in [-0.2, 0) is 4.79 Å². The highest BCUT2D eigenvalue weighted by Crippen LogP contribution is 2.41. The molecule has 0 aromatic heterocycles. The van der Waals surface area contributed by atoms with Crippen LogP contribution in [0.3, 0.4) is 0 Å². The zero-order valence-corrected chi connectivity index (χ0v) is 10.2. The number of rotatable bonds is 0. The summed E-state index contributed by atoms with van der Waals surface area (Å²) in [6, 6.07) is 13.0. The highest BCUT2D eigenvalue weighted by atomic mass is 16.5. The van der Waals surface area contributed by atoms with Crippen molar-refractivity contribution in [3.63, 3.8) is 0 Å². The van der Waals surface area contributed by atoms with Crippen molar-refractivity contribution in [3.8, 4) is 11.5 Å². The molecule has 3 aromatic carbocycles. The predicted octanol–water partition coefficient (Wildman–Crippen LogP) is 2.80. The first kappa shape index (κ1) is 11.0. The largest absolute Gasteiger partial charge is 0.506 e. The minimum Gasteiger partial charge on any atom is -0.506 e. The lowest BCUT2D eigenvalue weighted by molar-refractivity contribution is -0.128. The van der Waals surface area contributed by atoms with Gasteiger partial charge in [0.25, 0.3) is 5.78 Å². The first-order valence-electron chi connectivity index (χ1n) is 6.10. The number of benzene rings is 3. The number of ether oxygens (including phenoxy) is 1. The van der Waals surface area contributed by atoms with Gasteiger partial charge in [0, 0.05) is 5.39 Å². The molecule has 0 radical (unpaired) electrons. The molecule has 1 heterocycles. The summed E-state index contributed by atoms with van der Waals surface area (Å²) < 4.78 is 4.87. The third kappa shape index (κ3) is 1.30. The van der Waals surface area contributed by atoms with Gasteiger partial charge in [-0.3, -0.25) is 4.79 Å². The summed E-state index contributed by atoms with van der Waals surface area (Å²) in [6.45, 7) is 0. The molecule has 4 rings (SSSR count). The van der Waals surface area contributed by atoms with Gasteiger partial charge in [-0.25, -0.2) is 4.79 Å². The lowest BCUT2D eigenvalue weighted by atomic mass is 9.99. The number of fused-ring (bicyclic) bond motifs is 3. The number of phenols is 1. The fraction of sp³-hybridized carbons (Fsp3) is 0. The fourth-order valence-corrected chi connectivity index (χ4v) is 2.60. The Morgan fingerprint density at radius 2 is 1.60 bits per heavy atom. The molecule has 3 aromatic rings. The van der Waals surface area contributed by atoms with Crippen molar-refractivity contribution in [2.75, 3.05) is 0 Å². The Labute approximate surface area is 113 Å². The Morgan fingerprint density at radius 1 is 0.900 bits per heavy atom. The van der Waals surface area contributed by atoms with E-state index < -0.39 is 11.8 Å². The van der Waals surface area contributed by atoms with Crippen molar-refractivity contribution in [2.45, 2.75) is 0 Å². The zero-order valence-electron chi connectivity index (χ0n) is 10.2. The molecule has 0 aliphatic carbocycles.